The number of likely N-dealkylation sites (tertiary alicyclic amines) is 1. The fourth-order valence-electron chi connectivity index (χ4n) is 5.27. The van der Waals surface area contributed by atoms with Gasteiger partial charge in [0.05, 0.1) is 49.1 Å². The van der Waals surface area contributed by atoms with Crippen molar-refractivity contribution >= 4 is 34.7 Å². The Bertz CT molecular complexity index is 1360. The summed E-state index contributed by atoms with van der Waals surface area (Å²) in [7, 11) is 0. The molecule has 0 radical (unpaired) electrons. The first kappa shape index (κ1) is 22.6. The fraction of sp³-hybridized carbons (Fsp3) is 0.435. The Labute approximate surface area is 204 Å². The second kappa shape index (κ2) is 8.36. The van der Waals surface area contributed by atoms with E-state index in [1.807, 2.05) is 4.90 Å². The number of carbonyl (C=O) groups excluding carboxylic acids is 2. The number of amides is 2. The van der Waals surface area contributed by atoms with Crippen LogP contribution in [0.15, 0.2) is 24.8 Å². The van der Waals surface area contributed by atoms with E-state index in [1.165, 1.54) is 6.20 Å². The molecule has 6 heterocycles. The zero-order valence-corrected chi connectivity index (χ0v) is 19.3. The molecule has 11 nitrogen and oxygen atoms in total. The standard InChI is InChI=1S/C23H24F2N8O3/c24-14-5-28-20-17(19(26)30-33(20)8-14)21(34)29-16-7-27-6-15(25)18(16)31-3-1-13(2-4-31)22(35)32-9-23(10-32)11-36-12-23/h5-8,13H,1-4,9-12H2,(H2,26,30)(H,29,34). The molecule has 36 heavy (non-hydrogen) atoms. The molecule has 188 valence electrons. The Morgan fingerprint density at radius 3 is 2.58 bits per heavy atom. The SMILES string of the molecule is Nc1nn2cc(F)cnc2c1C(=O)Nc1cncc(F)c1N1CCC(C(=O)N2CC3(COC3)C2)CC1. The maximum absolute atomic E-state index is 14.9. The van der Waals surface area contributed by atoms with Crippen molar-refractivity contribution in [1.82, 2.24) is 24.5 Å². The number of fused-ring (bicyclic) bond motifs is 1. The molecule has 0 saturated carbocycles. The van der Waals surface area contributed by atoms with Crippen molar-refractivity contribution in [3.63, 3.8) is 0 Å². The molecule has 2 amide bonds. The first-order valence-electron chi connectivity index (χ1n) is 11.7. The summed E-state index contributed by atoms with van der Waals surface area (Å²) in [5.74, 6) is -2.03. The van der Waals surface area contributed by atoms with Gasteiger partial charge < -0.3 is 25.6 Å². The van der Waals surface area contributed by atoms with E-state index in [9.17, 15) is 18.4 Å². The van der Waals surface area contributed by atoms with E-state index < -0.39 is 17.5 Å². The van der Waals surface area contributed by atoms with Crippen molar-refractivity contribution in [1.29, 1.82) is 0 Å². The summed E-state index contributed by atoms with van der Waals surface area (Å²) < 4.78 is 34.8. The molecule has 3 aromatic heterocycles. The van der Waals surface area contributed by atoms with E-state index in [1.54, 1.807) is 4.90 Å². The van der Waals surface area contributed by atoms with Gasteiger partial charge in [-0.25, -0.2) is 18.3 Å². The van der Waals surface area contributed by atoms with Crippen LogP contribution < -0.4 is 16.0 Å². The normalized spacial score (nSPS) is 19.3. The van der Waals surface area contributed by atoms with Crippen molar-refractivity contribution in [3.8, 4) is 0 Å². The molecule has 0 atom stereocenters. The number of ether oxygens (including phenoxy) is 1. The number of anilines is 3. The number of piperidine rings is 1. The van der Waals surface area contributed by atoms with Gasteiger partial charge in [0.25, 0.3) is 5.91 Å². The fourth-order valence-corrected chi connectivity index (χ4v) is 5.27. The molecule has 3 aromatic rings. The third-order valence-corrected chi connectivity index (χ3v) is 7.16. The van der Waals surface area contributed by atoms with Crippen LogP contribution in [0.5, 0.6) is 0 Å². The predicted molar refractivity (Wildman–Crippen MR) is 124 cm³/mol. The minimum Gasteiger partial charge on any atom is -0.381 e. The van der Waals surface area contributed by atoms with Gasteiger partial charge in [0.1, 0.15) is 11.3 Å². The smallest absolute Gasteiger partial charge is 0.263 e. The molecule has 3 N–H and O–H groups in total. The molecule has 3 aliphatic heterocycles. The lowest BCUT2D eigenvalue weighted by Crippen LogP contribution is -2.68. The summed E-state index contributed by atoms with van der Waals surface area (Å²) >= 11 is 0. The van der Waals surface area contributed by atoms with Crippen LogP contribution in [0.1, 0.15) is 23.2 Å². The number of pyridine rings is 1. The number of nitrogens with zero attached hydrogens (tertiary/aromatic N) is 6. The second-order valence-corrected chi connectivity index (χ2v) is 9.72. The Hall–Kier alpha value is -3.87. The number of carbonyl (C=O) groups is 2. The van der Waals surface area contributed by atoms with Gasteiger partial charge in [0.15, 0.2) is 23.1 Å². The van der Waals surface area contributed by atoms with Gasteiger partial charge in [-0.15, -0.1) is 5.10 Å². The minimum atomic E-state index is -0.674. The van der Waals surface area contributed by atoms with E-state index in [2.05, 4.69) is 20.4 Å². The highest BCUT2D eigenvalue weighted by molar-refractivity contribution is 6.12. The third kappa shape index (κ3) is 3.70. The van der Waals surface area contributed by atoms with Crippen molar-refractivity contribution in [2.45, 2.75) is 12.8 Å². The monoisotopic (exact) mass is 498 g/mol. The molecule has 1 spiro atoms. The second-order valence-electron chi connectivity index (χ2n) is 9.72. The summed E-state index contributed by atoms with van der Waals surface area (Å²) in [4.78, 5) is 37.5. The molecule has 0 aromatic carbocycles. The number of hydrogen-bond donors (Lipinski definition) is 2. The third-order valence-electron chi connectivity index (χ3n) is 7.16. The van der Waals surface area contributed by atoms with Gasteiger partial charge in [-0.2, -0.15) is 0 Å². The van der Waals surface area contributed by atoms with Gasteiger partial charge in [-0.3, -0.25) is 14.6 Å². The Morgan fingerprint density at radius 2 is 1.89 bits per heavy atom. The summed E-state index contributed by atoms with van der Waals surface area (Å²) in [6, 6.07) is 0. The first-order chi connectivity index (χ1) is 17.3. The van der Waals surface area contributed by atoms with Crippen LogP contribution in [0.3, 0.4) is 0 Å². The highest BCUT2D eigenvalue weighted by Gasteiger charge is 2.51. The van der Waals surface area contributed by atoms with Gasteiger partial charge in [0, 0.05) is 32.1 Å². The maximum Gasteiger partial charge on any atom is 0.263 e. The van der Waals surface area contributed by atoms with Crippen LogP contribution in [0.4, 0.5) is 26.0 Å². The Kier molecular flexibility index (Phi) is 5.25. The average molecular weight is 498 g/mol. The van der Waals surface area contributed by atoms with Crippen molar-refractivity contribution in [2.24, 2.45) is 11.3 Å². The van der Waals surface area contributed by atoms with E-state index in [4.69, 9.17) is 10.5 Å². The number of aromatic nitrogens is 4. The molecular formula is C23H24F2N8O3. The molecule has 6 rings (SSSR count). The lowest BCUT2D eigenvalue weighted by atomic mass is 9.77. The van der Waals surface area contributed by atoms with Gasteiger partial charge in [0.2, 0.25) is 5.91 Å². The topological polar surface area (TPSA) is 131 Å². The van der Waals surface area contributed by atoms with E-state index in [-0.39, 0.29) is 45.6 Å². The molecule has 0 bridgehead atoms. The number of nitrogens with one attached hydrogen (secondary N) is 1. The number of nitrogen functional groups attached to an aromatic ring is 1. The lowest BCUT2D eigenvalue weighted by molar-refractivity contribution is -0.197. The molecular weight excluding hydrogens is 474 g/mol. The molecule has 3 aliphatic rings. The predicted octanol–water partition coefficient (Wildman–Crippen LogP) is 1.31. The summed E-state index contributed by atoms with van der Waals surface area (Å²) in [6.45, 7) is 3.83. The van der Waals surface area contributed by atoms with Crippen molar-refractivity contribution < 1.29 is 23.1 Å². The molecule has 3 saturated heterocycles. The molecule has 13 heteroatoms. The van der Waals surface area contributed by atoms with Gasteiger partial charge >= 0.3 is 0 Å². The zero-order chi connectivity index (χ0) is 25.0. The van der Waals surface area contributed by atoms with Gasteiger partial charge in [-0.05, 0) is 12.8 Å². The number of rotatable bonds is 4. The van der Waals surface area contributed by atoms with Crippen LogP contribution in [-0.4, -0.2) is 75.7 Å². The van der Waals surface area contributed by atoms with Crippen LogP contribution in [0, 0.1) is 23.0 Å². The number of nitrogens with two attached hydrogens (primary N) is 1. The van der Waals surface area contributed by atoms with Crippen molar-refractivity contribution in [3.05, 3.63) is 42.0 Å². The minimum absolute atomic E-state index is 0.0568. The van der Waals surface area contributed by atoms with Gasteiger partial charge in [-0.1, -0.05) is 0 Å². The average Bonchev–Trinajstić information content (AvgIpc) is 3.12. The Morgan fingerprint density at radius 1 is 1.14 bits per heavy atom. The lowest BCUT2D eigenvalue weighted by Gasteiger charge is -2.55. The van der Waals surface area contributed by atoms with E-state index >= 15 is 0 Å². The zero-order valence-electron chi connectivity index (χ0n) is 19.3. The molecule has 0 aliphatic carbocycles. The van der Waals surface area contributed by atoms with E-state index in [0.29, 0.717) is 25.9 Å². The number of hydrogen-bond acceptors (Lipinski definition) is 8. The highest BCUT2D eigenvalue weighted by Crippen LogP contribution is 2.39. The summed E-state index contributed by atoms with van der Waals surface area (Å²) in [6.07, 6.45) is 5.58. The Balaban J connectivity index is 1.17. The highest BCUT2D eigenvalue weighted by atomic mass is 19.1. The summed E-state index contributed by atoms with van der Waals surface area (Å²) in [5, 5.41) is 6.58. The quantitative estimate of drug-likeness (QED) is 0.551. The van der Waals surface area contributed by atoms with Crippen LogP contribution in [-0.2, 0) is 9.53 Å². The summed E-state index contributed by atoms with van der Waals surface area (Å²) in [5.41, 5.74) is 6.40. The van der Waals surface area contributed by atoms with Crippen molar-refractivity contribution in [2.75, 3.05) is 55.3 Å². The molecule has 0 unspecified atom stereocenters. The maximum atomic E-state index is 14.9. The van der Waals surface area contributed by atoms with Crippen LogP contribution >= 0.6 is 0 Å². The van der Waals surface area contributed by atoms with E-state index in [0.717, 1.165) is 49.4 Å². The first-order valence-corrected chi connectivity index (χ1v) is 11.7. The van der Waals surface area contributed by atoms with Crippen LogP contribution in [0.2, 0.25) is 0 Å². The largest absolute Gasteiger partial charge is 0.381 e. The van der Waals surface area contributed by atoms with Crippen LogP contribution in [0.25, 0.3) is 5.65 Å². The molecule has 3 fully saturated rings. The number of halogens is 2.